The van der Waals surface area contributed by atoms with E-state index < -0.39 is 0 Å². The van der Waals surface area contributed by atoms with Crippen molar-refractivity contribution in [3.8, 4) is 0 Å². The maximum absolute atomic E-state index is 13.9. The third kappa shape index (κ3) is 19.0. The quantitative estimate of drug-likeness (QED) is 0.0304. The van der Waals surface area contributed by atoms with Crippen LogP contribution < -0.4 is 10.4 Å². The number of pyridine rings is 1. The van der Waals surface area contributed by atoms with Crippen molar-refractivity contribution in [2.75, 3.05) is 6.54 Å². The number of quaternary nitrogens is 1. The summed E-state index contributed by atoms with van der Waals surface area (Å²) >= 11 is 4.31. The van der Waals surface area contributed by atoms with Crippen molar-refractivity contribution >= 4 is 40.6 Å². The van der Waals surface area contributed by atoms with Gasteiger partial charge in [0, 0.05) is 23.9 Å². The number of hydrogen-bond donors (Lipinski definition) is 3. The van der Waals surface area contributed by atoms with Crippen LogP contribution in [-0.2, 0) is 20.8 Å². The normalized spacial score (nSPS) is 12.6. The van der Waals surface area contributed by atoms with Crippen LogP contribution in [0, 0.1) is 5.92 Å². The van der Waals surface area contributed by atoms with Crippen LogP contribution in [0.25, 0.3) is 0 Å². The molecule has 0 aromatic carbocycles. The molecule has 0 bridgehead atoms. The van der Waals surface area contributed by atoms with Crippen LogP contribution in [0.5, 0.6) is 0 Å². The van der Waals surface area contributed by atoms with Gasteiger partial charge in [0.2, 0.25) is 0 Å². The second-order valence-corrected chi connectivity index (χ2v) is 12.9. The monoisotopic (exact) mass is 622 g/mol. The van der Waals surface area contributed by atoms with Gasteiger partial charge in [-0.2, -0.15) is 10.4 Å². The van der Waals surface area contributed by atoms with Crippen molar-refractivity contribution < 1.29 is 19.4 Å². The molecule has 2 unspecified atom stereocenters. The molecule has 6 nitrogen and oxygen atoms in total. The van der Waals surface area contributed by atoms with Crippen molar-refractivity contribution in [1.82, 2.24) is 10.4 Å². The lowest BCUT2D eigenvalue weighted by Crippen LogP contribution is -3.22. The summed E-state index contributed by atoms with van der Waals surface area (Å²) < 4.78 is 0. The lowest BCUT2D eigenvalue weighted by Gasteiger charge is -2.23. The molecule has 1 rings (SSSR count). The third-order valence-electron chi connectivity index (χ3n) is 8.06. The van der Waals surface area contributed by atoms with Crippen molar-refractivity contribution in [1.29, 1.82) is 0 Å². The SMILES string of the molecule is CCCCCCCCCCCCC(CCCCCC=O)C(=O)[NH+](CCCCCC)NC(=O)CCc1ncccc1SS. The molecule has 1 aromatic rings. The number of hydrogen-bond acceptors (Lipinski definition) is 6. The highest BCUT2D eigenvalue weighted by atomic mass is 33.1. The fourth-order valence-electron chi connectivity index (χ4n) is 5.46. The Bertz CT molecular complexity index is 840. The Kier molecular flexibility index (Phi) is 25.0. The molecule has 2 amide bonds. The lowest BCUT2D eigenvalue weighted by atomic mass is 9.93. The molecule has 0 fully saturated rings. The first-order valence-corrected chi connectivity index (χ1v) is 18.8. The van der Waals surface area contributed by atoms with E-state index in [4.69, 9.17) is 0 Å². The highest BCUT2D eigenvalue weighted by molar-refractivity contribution is 8.68. The minimum absolute atomic E-state index is 0.0558. The van der Waals surface area contributed by atoms with Crippen molar-refractivity contribution in [3.05, 3.63) is 24.0 Å². The first kappa shape index (κ1) is 38.6. The van der Waals surface area contributed by atoms with Gasteiger partial charge in [-0.15, -0.1) is 11.7 Å². The summed E-state index contributed by atoms with van der Waals surface area (Å²) in [6, 6.07) is 3.83. The van der Waals surface area contributed by atoms with Crippen molar-refractivity contribution in [2.45, 2.75) is 160 Å². The van der Waals surface area contributed by atoms with Gasteiger partial charge in [-0.3, -0.25) is 9.78 Å². The Morgan fingerprint density at radius 2 is 1.45 bits per heavy atom. The molecule has 0 radical (unpaired) electrons. The van der Waals surface area contributed by atoms with Gasteiger partial charge in [0.1, 0.15) is 12.8 Å². The molecule has 0 aliphatic heterocycles. The van der Waals surface area contributed by atoms with Gasteiger partial charge in [-0.25, -0.2) is 4.79 Å². The molecule has 0 aliphatic rings. The van der Waals surface area contributed by atoms with Crippen LogP contribution in [0.15, 0.2) is 23.2 Å². The average Bonchev–Trinajstić information content (AvgIpc) is 3.01. The number of thiol groups is 1. The van der Waals surface area contributed by atoms with E-state index >= 15 is 0 Å². The lowest BCUT2D eigenvalue weighted by molar-refractivity contribution is -0.861. The Morgan fingerprint density at radius 1 is 0.881 bits per heavy atom. The molecule has 2 N–H and O–H groups in total. The molecule has 0 saturated carbocycles. The van der Waals surface area contributed by atoms with Gasteiger partial charge in [0.05, 0.1) is 11.6 Å². The number of aldehydes is 1. The van der Waals surface area contributed by atoms with Gasteiger partial charge in [0.25, 0.3) is 5.91 Å². The summed E-state index contributed by atoms with van der Waals surface area (Å²) in [5, 5.41) is 0.603. The molecular weight excluding hydrogens is 563 g/mol. The van der Waals surface area contributed by atoms with Gasteiger partial charge < -0.3 is 4.79 Å². The molecule has 1 heterocycles. The first-order chi connectivity index (χ1) is 20.6. The van der Waals surface area contributed by atoms with E-state index in [2.05, 4.69) is 35.9 Å². The van der Waals surface area contributed by atoms with Crippen LogP contribution in [-0.4, -0.2) is 29.6 Å². The predicted octanol–water partition coefficient (Wildman–Crippen LogP) is 8.05. The highest BCUT2D eigenvalue weighted by Crippen LogP contribution is 2.24. The van der Waals surface area contributed by atoms with E-state index in [1.165, 1.54) is 62.2 Å². The van der Waals surface area contributed by atoms with E-state index in [0.29, 0.717) is 30.8 Å². The largest absolute Gasteiger partial charge is 0.339 e. The Hall–Kier alpha value is -1.38. The van der Waals surface area contributed by atoms with Crippen LogP contribution >= 0.6 is 22.5 Å². The van der Waals surface area contributed by atoms with Crippen molar-refractivity contribution in [3.63, 3.8) is 0 Å². The van der Waals surface area contributed by atoms with Gasteiger partial charge in [-0.05, 0) is 50.7 Å². The number of aromatic nitrogens is 1. The zero-order chi connectivity index (χ0) is 30.7. The van der Waals surface area contributed by atoms with E-state index in [-0.39, 0.29) is 17.7 Å². The Labute approximate surface area is 266 Å². The van der Waals surface area contributed by atoms with Crippen LogP contribution in [0.4, 0.5) is 0 Å². The van der Waals surface area contributed by atoms with Crippen molar-refractivity contribution in [2.24, 2.45) is 5.92 Å². The molecule has 8 heteroatoms. The minimum Gasteiger partial charge on any atom is -0.303 e. The van der Waals surface area contributed by atoms with Gasteiger partial charge in [-0.1, -0.05) is 115 Å². The number of rotatable bonds is 27. The summed E-state index contributed by atoms with van der Waals surface area (Å²) in [7, 11) is 1.34. The summed E-state index contributed by atoms with van der Waals surface area (Å²) in [5.41, 5.74) is 3.92. The fourth-order valence-corrected chi connectivity index (χ4v) is 6.36. The number of carbonyl (C=O) groups is 3. The summed E-state index contributed by atoms with van der Waals surface area (Å²) in [6.45, 7) is 5.07. The molecule has 0 spiro atoms. The Balaban J connectivity index is 2.72. The maximum atomic E-state index is 13.9. The van der Waals surface area contributed by atoms with Gasteiger partial charge >= 0.3 is 5.91 Å². The predicted molar refractivity (Wildman–Crippen MR) is 180 cm³/mol. The van der Waals surface area contributed by atoms with Crippen LogP contribution in [0.3, 0.4) is 0 Å². The first-order valence-electron chi connectivity index (χ1n) is 17.0. The molecule has 0 saturated heterocycles. The van der Waals surface area contributed by atoms with Gasteiger partial charge in [0.15, 0.2) is 0 Å². The second-order valence-electron chi connectivity index (χ2n) is 11.7. The smallest absolute Gasteiger partial charge is 0.303 e. The maximum Gasteiger partial charge on any atom is 0.339 e. The molecular formula is C34H60N3O3S2+. The van der Waals surface area contributed by atoms with Crippen LogP contribution in [0.1, 0.15) is 154 Å². The molecule has 240 valence electrons. The highest BCUT2D eigenvalue weighted by Gasteiger charge is 2.30. The number of unbranched alkanes of at least 4 members (excludes halogenated alkanes) is 15. The average molecular weight is 623 g/mol. The summed E-state index contributed by atoms with van der Waals surface area (Å²) in [5.74, 6) is -0.0337. The third-order valence-corrected chi connectivity index (χ3v) is 9.21. The molecule has 2 atom stereocenters. The second kappa shape index (κ2) is 27.2. The minimum atomic E-state index is -0.113. The number of nitrogens with one attached hydrogen (secondary N) is 2. The fraction of sp³-hybridized carbons (Fsp3) is 0.765. The van der Waals surface area contributed by atoms with E-state index in [1.54, 1.807) is 6.20 Å². The zero-order valence-corrected chi connectivity index (χ0v) is 28.4. The number of carbonyl (C=O) groups excluding carboxylic acids is 3. The standard InChI is InChI=1S/C34H59N3O3S2/c1-3-5-7-9-10-11-12-13-14-17-22-30(23-18-15-16-20-29-38)34(40)37(28-19-8-6-4-2)36-33(39)26-25-31-32(42-41)24-21-27-35-31/h21,24,27,29-30,41H,3-20,22-23,25-26,28H2,1-2H3,(H,36,39)/p+1. The number of aryl methyl sites for hydroxylation is 1. The molecule has 42 heavy (non-hydrogen) atoms. The number of amides is 2. The summed E-state index contributed by atoms with van der Waals surface area (Å²) in [4.78, 5) is 43.1. The Morgan fingerprint density at radius 3 is 2.05 bits per heavy atom. The van der Waals surface area contributed by atoms with E-state index in [1.807, 2.05) is 12.1 Å². The van der Waals surface area contributed by atoms with Crippen LogP contribution in [0.2, 0.25) is 0 Å². The summed E-state index contributed by atoms with van der Waals surface area (Å²) in [6.07, 6.45) is 25.6. The van der Waals surface area contributed by atoms with E-state index in [0.717, 1.165) is 87.5 Å². The van der Waals surface area contributed by atoms with E-state index in [9.17, 15) is 14.4 Å². The molecule has 1 aromatic heterocycles. The zero-order valence-electron chi connectivity index (χ0n) is 26.7. The number of nitrogens with zero attached hydrogens (tertiary/aromatic N) is 1. The molecule has 0 aliphatic carbocycles. The topological polar surface area (TPSA) is 80.6 Å².